The Morgan fingerprint density at radius 1 is 1.08 bits per heavy atom. The highest BCUT2D eigenvalue weighted by molar-refractivity contribution is 6.06. The Hall–Kier alpha value is -4.47. The minimum Gasteiger partial charge on any atom is -0.398 e. The quantitative estimate of drug-likeness (QED) is 0.252. The number of benzene rings is 3. The van der Waals surface area contributed by atoms with E-state index >= 15 is 0 Å². The highest BCUT2D eigenvalue weighted by Crippen LogP contribution is 2.38. The molecule has 0 spiro atoms. The minimum absolute atomic E-state index is 0.0629. The van der Waals surface area contributed by atoms with Crippen LogP contribution in [-0.4, -0.2) is 64.7 Å². The normalized spacial score (nSPS) is 15.6. The molecule has 3 heterocycles. The molecule has 0 radical (unpaired) electrons. The zero-order valence-electron chi connectivity index (χ0n) is 21.6. The summed E-state index contributed by atoms with van der Waals surface area (Å²) < 4.78 is 5.48. The van der Waals surface area contributed by atoms with Crippen LogP contribution in [0.2, 0.25) is 0 Å². The molecule has 2 aliphatic heterocycles. The Bertz CT molecular complexity index is 1620. The Morgan fingerprint density at radius 2 is 1.90 bits per heavy atom. The summed E-state index contributed by atoms with van der Waals surface area (Å²) in [6, 6.07) is 18.3. The average molecular weight is 523 g/mol. The van der Waals surface area contributed by atoms with Gasteiger partial charge in [0.2, 0.25) is 5.91 Å². The van der Waals surface area contributed by atoms with Crippen LogP contribution in [0.5, 0.6) is 0 Å². The number of anilines is 1. The molecule has 0 atom stereocenters. The summed E-state index contributed by atoms with van der Waals surface area (Å²) in [6.07, 6.45) is 0. The number of nitrogens with zero attached hydrogens (tertiary/aromatic N) is 3. The van der Waals surface area contributed by atoms with E-state index in [2.05, 4.69) is 52.0 Å². The fourth-order valence-corrected chi connectivity index (χ4v) is 5.45. The first-order valence-electron chi connectivity index (χ1n) is 12.9. The van der Waals surface area contributed by atoms with Gasteiger partial charge in [-0.1, -0.05) is 36.9 Å². The lowest BCUT2D eigenvalue weighted by atomic mass is 9.94. The zero-order valence-corrected chi connectivity index (χ0v) is 21.6. The van der Waals surface area contributed by atoms with Gasteiger partial charge in [-0.3, -0.25) is 19.6 Å². The van der Waals surface area contributed by atoms with Crippen LogP contribution in [0.15, 0.2) is 66.7 Å². The third-order valence-corrected chi connectivity index (χ3v) is 7.51. The van der Waals surface area contributed by atoms with E-state index < -0.39 is 5.91 Å². The lowest BCUT2D eigenvalue weighted by Gasteiger charge is -2.26. The maximum Gasteiger partial charge on any atom is 0.256 e. The summed E-state index contributed by atoms with van der Waals surface area (Å²) in [5, 5.41) is 8.81. The van der Waals surface area contributed by atoms with Gasteiger partial charge in [0.1, 0.15) is 0 Å². The molecule has 198 valence electrons. The summed E-state index contributed by atoms with van der Waals surface area (Å²) >= 11 is 0. The van der Waals surface area contributed by atoms with Crippen LogP contribution >= 0.6 is 0 Å². The summed E-state index contributed by atoms with van der Waals surface area (Å²) in [5.74, 6) is -0.854. The molecular formula is C30H30N6O3. The predicted octanol–water partition coefficient (Wildman–Crippen LogP) is 3.31. The van der Waals surface area contributed by atoms with Gasteiger partial charge in [0.05, 0.1) is 36.5 Å². The summed E-state index contributed by atoms with van der Waals surface area (Å²) in [6.45, 7) is 8.36. The maximum atomic E-state index is 13.2. The molecule has 0 saturated carbocycles. The number of primary amides is 1. The summed E-state index contributed by atoms with van der Waals surface area (Å²) in [7, 11) is 0. The molecule has 1 fully saturated rings. The van der Waals surface area contributed by atoms with E-state index in [4.69, 9.17) is 16.2 Å². The number of amides is 2. The van der Waals surface area contributed by atoms with Crippen molar-refractivity contribution in [3.63, 3.8) is 0 Å². The number of morpholine rings is 1. The molecular weight excluding hydrogens is 492 g/mol. The van der Waals surface area contributed by atoms with Crippen molar-refractivity contribution in [3.8, 4) is 22.4 Å². The number of aromatic amines is 1. The van der Waals surface area contributed by atoms with Crippen molar-refractivity contribution in [1.29, 1.82) is 0 Å². The third-order valence-electron chi connectivity index (χ3n) is 7.51. The fourth-order valence-electron chi connectivity index (χ4n) is 5.45. The predicted molar refractivity (Wildman–Crippen MR) is 151 cm³/mol. The van der Waals surface area contributed by atoms with Crippen molar-refractivity contribution in [1.82, 2.24) is 20.0 Å². The van der Waals surface area contributed by atoms with Crippen LogP contribution in [0.4, 0.5) is 5.69 Å². The number of ether oxygens (including phenoxy) is 1. The Kier molecular flexibility index (Phi) is 6.38. The average Bonchev–Trinajstić information content (AvgIpc) is 3.51. The first-order valence-corrected chi connectivity index (χ1v) is 12.9. The van der Waals surface area contributed by atoms with E-state index in [1.54, 1.807) is 11.0 Å². The van der Waals surface area contributed by atoms with Crippen molar-refractivity contribution in [2.24, 2.45) is 5.73 Å². The van der Waals surface area contributed by atoms with Crippen LogP contribution in [0.1, 0.15) is 21.5 Å². The monoisotopic (exact) mass is 522 g/mol. The molecule has 6 rings (SSSR count). The molecule has 0 aliphatic carbocycles. The first kappa shape index (κ1) is 24.8. The third kappa shape index (κ3) is 4.67. The topological polar surface area (TPSA) is 131 Å². The number of H-pyrrole nitrogens is 1. The van der Waals surface area contributed by atoms with Gasteiger partial charge in [-0.15, -0.1) is 0 Å². The number of hydrogen-bond acceptors (Lipinski definition) is 6. The largest absolute Gasteiger partial charge is 0.398 e. The van der Waals surface area contributed by atoms with Crippen molar-refractivity contribution >= 4 is 28.4 Å². The van der Waals surface area contributed by atoms with E-state index in [1.807, 2.05) is 18.2 Å². The Morgan fingerprint density at radius 3 is 2.69 bits per heavy atom. The number of nitrogens with one attached hydrogen (secondary N) is 1. The lowest BCUT2D eigenvalue weighted by molar-refractivity contribution is -0.114. The summed E-state index contributed by atoms with van der Waals surface area (Å²) in [4.78, 5) is 28.7. The van der Waals surface area contributed by atoms with E-state index in [9.17, 15) is 9.59 Å². The number of hydrogen-bond donors (Lipinski definition) is 3. The van der Waals surface area contributed by atoms with Gasteiger partial charge >= 0.3 is 0 Å². The highest BCUT2D eigenvalue weighted by atomic mass is 16.5. The number of fused-ring (bicyclic) bond motifs is 2. The molecule has 9 heteroatoms. The van der Waals surface area contributed by atoms with Crippen molar-refractivity contribution < 1.29 is 14.3 Å². The molecule has 1 saturated heterocycles. The molecule has 39 heavy (non-hydrogen) atoms. The van der Waals surface area contributed by atoms with Crippen LogP contribution in [0, 0.1) is 0 Å². The molecule has 4 aromatic rings. The molecule has 3 aromatic carbocycles. The van der Waals surface area contributed by atoms with Gasteiger partial charge in [0.25, 0.3) is 5.91 Å². The van der Waals surface area contributed by atoms with Gasteiger partial charge in [-0.05, 0) is 46.5 Å². The van der Waals surface area contributed by atoms with Crippen LogP contribution in [0.25, 0.3) is 33.3 Å². The van der Waals surface area contributed by atoms with E-state index in [1.165, 1.54) is 5.56 Å². The van der Waals surface area contributed by atoms with Crippen LogP contribution < -0.4 is 11.5 Å². The van der Waals surface area contributed by atoms with Crippen molar-refractivity contribution in [2.75, 3.05) is 38.6 Å². The molecule has 1 aromatic heterocycles. The van der Waals surface area contributed by atoms with E-state index in [0.717, 1.165) is 71.7 Å². The van der Waals surface area contributed by atoms with Crippen molar-refractivity contribution in [2.45, 2.75) is 13.1 Å². The first-order chi connectivity index (χ1) is 18.9. The number of carbonyl (C=O) groups is 2. The number of nitrogen functional groups attached to an aromatic ring is 1. The van der Waals surface area contributed by atoms with Gasteiger partial charge < -0.3 is 21.1 Å². The van der Waals surface area contributed by atoms with Crippen LogP contribution in [0.3, 0.4) is 0 Å². The second-order valence-corrected chi connectivity index (χ2v) is 10.1. The van der Waals surface area contributed by atoms with Gasteiger partial charge in [0, 0.05) is 48.4 Å². The van der Waals surface area contributed by atoms with Gasteiger partial charge in [0.15, 0.2) is 0 Å². The standard InChI is InChI=1S/C30H30N6O3/c1-18(29(32)37)15-36-17-24-22(6-7-25(31)27(24)30(36)38)20-5-8-26-23(14-20)28(34-33-26)21-4-2-3-19(13-21)16-35-9-11-39-12-10-35/h2-8,13-14H,1,9-12,15-17,31H2,(H2,32,37)(H,33,34). The van der Waals surface area contributed by atoms with E-state index in [0.29, 0.717) is 17.8 Å². The summed E-state index contributed by atoms with van der Waals surface area (Å²) in [5.41, 5.74) is 19.4. The number of carbonyl (C=O) groups excluding carboxylic acids is 2. The Balaban J connectivity index is 1.35. The second kappa shape index (κ2) is 10.0. The van der Waals surface area contributed by atoms with E-state index in [-0.39, 0.29) is 18.0 Å². The Labute approximate surface area is 226 Å². The van der Waals surface area contributed by atoms with Crippen molar-refractivity contribution in [3.05, 3.63) is 83.4 Å². The smallest absolute Gasteiger partial charge is 0.256 e. The SMILES string of the molecule is C=C(CN1Cc2c(-c3ccc4[nH]nc(-c5cccc(CN6CCOCC6)c5)c4c3)ccc(N)c2C1=O)C(N)=O. The number of rotatable bonds is 7. The molecule has 0 bridgehead atoms. The molecule has 9 nitrogen and oxygen atoms in total. The van der Waals surface area contributed by atoms with Gasteiger partial charge in [-0.25, -0.2) is 0 Å². The maximum absolute atomic E-state index is 13.2. The minimum atomic E-state index is -0.626. The number of aromatic nitrogens is 2. The highest BCUT2D eigenvalue weighted by Gasteiger charge is 2.32. The van der Waals surface area contributed by atoms with Gasteiger partial charge in [-0.2, -0.15) is 5.10 Å². The van der Waals surface area contributed by atoms with Crippen LogP contribution in [-0.2, 0) is 22.6 Å². The second-order valence-electron chi connectivity index (χ2n) is 10.1. The zero-order chi connectivity index (χ0) is 27.1. The molecule has 2 aliphatic rings. The number of nitrogens with two attached hydrogens (primary N) is 2. The lowest BCUT2D eigenvalue weighted by Crippen LogP contribution is -2.35. The molecule has 0 unspecified atom stereocenters. The molecule has 5 N–H and O–H groups in total. The fraction of sp³-hybridized carbons (Fsp3) is 0.233. The molecule has 2 amide bonds.